The van der Waals surface area contributed by atoms with Crippen molar-refractivity contribution in [2.24, 2.45) is 0 Å². The van der Waals surface area contributed by atoms with E-state index in [2.05, 4.69) is 31.2 Å². The zero-order chi connectivity index (χ0) is 19.0. The predicted molar refractivity (Wildman–Crippen MR) is 107 cm³/mol. The molecule has 6 heteroatoms. The van der Waals surface area contributed by atoms with Crippen LogP contribution in [-0.4, -0.2) is 38.8 Å². The van der Waals surface area contributed by atoms with Gasteiger partial charge in [0.2, 0.25) is 5.91 Å². The van der Waals surface area contributed by atoms with Gasteiger partial charge in [0.05, 0.1) is 5.41 Å². The van der Waals surface area contributed by atoms with Gasteiger partial charge >= 0.3 is 0 Å². The summed E-state index contributed by atoms with van der Waals surface area (Å²) in [5.74, 6) is 0.753. The fourth-order valence-electron chi connectivity index (χ4n) is 4.38. The second-order valence-electron chi connectivity index (χ2n) is 7.53. The Labute approximate surface area is 163 Å². The van der Waals surface area contributed by atoms with Crippen LogP contribution in [0.2, 0.25) is 0 Å². The van der Waals surface area contributed by atoms with Crippen molar-refractivity contribution in [3.05, 3.63) is 72.2 Å². The zero-order valence-corrected chi connectivity index (χ0v) is 15.5. The third-order valence-electron chi connectivity index (χ3n) is 5.70. The van der Waals surface area contributed by atoms with Crippen molar-refractivity contribution in [3.8, 4) is 11.5 Å². The summed E-state index contributed by atoms with van der Waals surface area (Å²) in [6, 6.07) is 13.8. The molecule has 140 valence electrons. The standard InChI is InChI=1S/C22H21N5O/c28-21-22(17-6-1-2-7-18(17)26-21)9-5-11-27(15-22)14-16-12-24-20(25-13-16)19-8-3-4-10-23-19/h1-4,6-8,10,12-13H,5,9,11,14-15H2,(H,26,28). The number of nitrogens with zero attached hydrogens (tertiary/aromatic N) is 4. The molecule has 5 rings (SSSR count). The third kappa shape index (κ3) is 2.86. The molecule has 1 spiro atoms. The molecule has 2 aromatic heterocycles. The number of aromatic nitrogens is 3. The molecule has 0 radical (unpaired) electrons. The van der Waals surface area contributed by atoms with E-state index in [0.29, 0.717) is 5.82 Å². The summed E-state index contributed by atoms with van der Waals surface area (Å²) < 4.78 is 0. The molecule has 3 aromatic rings. The Morgan fingerprint density at radius 2 is 1.86 bits per heavy atom. The zero-order valence-electron chi connectivity index (χ0n) is 15.5. The number of pyridine rings is 1. The van der Waals surface area contributed by atoms with Crippen LogP contribution in [0.25, 0.3) is 11.5 Å². The number of piperidine rings is 1. The van der Waals surface area contributed by atoms with Crippen molar-refractivity contribution < 1.29 is 4.79 Å². The fourth-order valence-corrected chi connectivity index (χ4v) is 4.38. The third-order valence-corrected chi connectivity index (χ3v) is 5.70. The van der Waals surface area contributed by atoms with Crippen LogP contribution in [0.1, 0.15) is 24.0 Å². The van der Waals surface area contributed by atoms with Crippen LogP contribution < -0.4 is 5.32 Å². The number of para-hydroxylation sites is 1. The molecule has 1 N–H and O–H groups in total. The molecule has 4 heterocycles. The number of carbonyl (C=O) groups is 1. The van der Waals surface area contributed by atoms with Crippen LogP contribution in [-0.2, 0) is 16.8 Å². The summed E-state index contributed by atoms with van der Waals surface area (Å²) in [4.78, 5) is 28.4. The topological polar surface area (TPSA) is 71.0 Å². The predicted octanol–water partition coefficient (Wildman–Crippen LogP) is 3.02. The van der Waals surface area contributed by atoms with Gasteiger partial charge in [0.1, 0.15) is 5.69 Å². The van der Waals surface area contributed by atoms with Gasteiger partial charge in [0.25, 0.3) is 0 Å². The highest BCUT2D eigenvalue weighted by Crippen LogP contribution is 2.43. The molecule has 6 nitrogen and oxygen atoms in total. The number of rotatable bonds is 3. The second-order valence-corrected chi connectivity index (χ2v) is 7.53. The maximum Gasteiger partial charge on any atom is 0.236 e. The minimum Gasteiger partial charge on any atom is -0.325 e. The molecular formula is C22H21N5O. The number of fused-ring (bicyclic) bond motifs is 2. The van der Waals surface area contributed by atoms with Crippen molar-refractivity contribution in [1.29, 1.82) is 0 Å². The number of hydrogen-bond donors (Lipinski definition) is 1. The first-order chi connectivity index (χ1) is 13.7. The average Bonchev–Trinajstić information content (AvgIpc) is 3.00. The minimum atomic E-state index is -0.441. The lowest BCUT2D eigenvalue weighted by Crippen LogP contribution is -2.49. The first kappa shape index (κ1) is 17.0. The Hall–Kier alpha value is -3.12. The van der Waals surface area contributed by atoms with Crippen molar-refractivity contribution >= 4 is 11.6 Å². The fraction of sp³-hybridized carbons (Fsp3) is 0.273. The van der Waals surface area contributed by atoms with E-state index in [9.17, 15) is 4.79 Å². The SMILES string of the molecule is O=C1Nc2ccccc2C12CCCN(Cc1cnc(-c3ccccn3)nc1)C2. The Kier molecular flexibility index (Phi) is 4.13. The number of anilines is 1. The van der Waals surface area contributed by atoms with Crippen molar-refractivity contribution in [2.45, 2.75) is 24.8 Å². The molecule has 1 aromatic carbocycles. The summed E-state index contributed by atoms with van der Waals surface area (Å²) in [6.07, 6.45) is 7.35. The van der Waals surface area contributed by atoms with Crippen LogP contribution in [0.4, 0.5) is 5.69 Å². The highest BCUT2D eigenvalue weighted by molar-refractivity contribution is 6.06. The average molecular weight is 371 g/mol. The van der Waals surface area contributed by atoms with Crippen LogP contribution in [0.3, 0.4) is 0 Å². The molecule has 2 aliphatic heterocycles. The molecule has 0 aliphatic carbocycles. The number of amides is 1. The lowest BCUT2D eigenvalue weighted by Gasteiger charge is -2.39. The molecule has 2 aliphatic rings. The molecule has 1 saturated heterocycles. The van der Waals surface area contributed by atoms with Crippen molar-refractivity contribution in [3.63, 3.8) is 0 Å². The van der Waals surface area contributed by atoms with Gasteiger partial charge in [-0.15, -0.1) is 0 Å². The van der Waals surface area contributed by atoms with Gasteiger partial charge in [-0.3, -0.25) is 14.7 Å². The molecule has 1 atom stereocenters. The van der Waals surface area contributed by atoms with Crippen LogP contribution in [0.15, 0.2) is 61.1 Å². The number of nitrogens with one attached hydrogen (secondary N) is 1. The Morgan fingerprint density at radius 1 is 1.04 bits per heavy atom. The molecule has 0 bridgehead atoms. The van der Waals surface area contributed by atoms with E-state index >= 15 is 0 Å². The summed E-state index contributed by atoms with van der Waals surface area (Å²) in [5, 5.41) is 3.07. The van der Waals surface area contributed by atoms with Crippen molar-refractivity contribution in [1.82, 2.24) is 19.9 Å². The van der Waals surface area contributed by atoms with Crippen LogP contribution in [0.5, 0.6) is 0 Å². The molecule has 0 saturated carbocycles. The monoisotopic (exact) mass is 371 g/mol. The Balaban J connectivity index is 1.35. The molecule has 1 unspecified atom stereocenters. The molecule has 1 fully saturated rings. The summed E-state index contributed by atoms with van der Waals surface area (Å²) >= 11 is 0. The Morgan fingerprint density at radius 3 is 2.68 bits per heavy atom. The number of carbonyl (C=O) groups excluding carboxylic acids is 1. The first-order valence-corrected chi connectivity index (χ1v) is 9.60. The lowest BCUT2D eigenvalue weighted by molar-refractivity contribution is -0.122. The summed E-state index contributed by atoms with van der Waals surface area (Å²) in [7, 11) is 0. The van der Waals surface area contributed by atoms with E-state index in [4.69, 9.17) is 0 Å². The van der Waals surface area contributed by atoms with Gasteiger partial charge in [-0.05, 0) is 43.1 Å². The van der Waals surface area contributed by atoms with Crippen LogP contribution in [0, 0.1) is 0 Å². The van der Waals surface area contributed by atoms with E-state index in [1.165, 1.54) is 0 Å². The van der Waals surface area contributed by atoms with Gasteiger partial charge in [0.15, 0.2) is 5.82 Å². The van der Waals surface area contributed by atoms with Gasteiger partial charge in [-0.1, -0.05) is 24.3 Å². The first-order valence-electron chi connectivity index (χ1n) is 9.60. The quantitative estimate of drug-likeness (QED) is 0.766. The largest absolute Gasteiger partial charge is 0.325 e. The van der Waals surface area contributed by atoms with Gasteiger partial charge in [0, 0.05) is 42.9 Å². The normalized spacial score (nSPS) is 21.5. The molecular weight excluding hydrogens is 350 g/mol. The summed E-state index contributed by atoms with van der Waals surface area (Å²) in [5.41, 5.74) is 3.46. The van der Waals surface area contributed by atoms with Gasteiger partial charge in [-0.2, -0.15) is 0 Å². The van der Waals surface area contributed by atoms with Gasteiger partial charge in [-0.25, -0.2) is 9.97 Å². The second kappa shape index (κ2) is 6.80. The van der Waals surface area contributed by atoms with Crippen LogP contribution >= 0.6 is 0 Å². The van der Waals surface area contributed by atoms with E-state index in [1.54, 1.807) is 6.20 Å². The summed E-state index contributed by atoms with van der Waals surface area (Å²) in [6.45, 7) is 2.43. The smallest absolute Gasteiger partial charge is 0.236 e. The van der Waals surface area contributed by atoms with Crippen molar-refractivity contribution in [2.75, 3.05) is 18.4 Å². The number of likely N-dealkylation sites (tertiary alicyclic amines) is 1. The Bertz CT molecular complexity index is 1000. The maximum absolute atomic E-state index is 12.8. The molecule has 28 heavy (non-hydrogen) atoms. The number of hydrogen-bond acceptors (Lipinski definition) is 5. The maximum atomic E-state index is 12.8. The molecule has 1 amide bonds. The highest BCUT2D eigenvalue weighted by atomic mass is 16.2. The van der Waals surface area contributed by atoms with Gasteiger partial charge < -0.3 is 5.32 Å². The highest BCUT2D eigenvalue weighted by Gasteiger charge is 2.48. The minimum absolute atomic E-state index is 0.125. The van der Waals surface area contributed by atoms with E-state index in [1.807, 2.05) is 48.8 Å². The van der Waals surface area contributed by atoms with E-state index in [0.717, 1.165) is 55.0 Å². The van der Waals surface area contributed by atoms with E-state index < -0.39 is 5.41 Å². The lowest BCUT2D eigenvalue weighted by atomic mass is 9.75. The number of benzene rings is 1. The van der Waals surface area contributed by atoms with E-state index in [-0.39, 0.29) is 5.91 Å².